The lowest BCUT2D eigenvalue weighted by atomic mass is 10.1. The molecule has 19 heavy (non-hydrogen) atoms. The number of hydrogen-bond acceptors (Lipinski definition) is 3. The van der Waals surface area contributed by atoms with Gasteiger partial charge in [0.25, 0.3) is 0 Å². The number of piperazine rings is 1. The van der Waals surface area contributed by atoms with Crippen molar-refractivity contribution in [2.75, 3.05) is 39.3 Å². The van der Waals surface area contributed by atoms with Crippen LogP contribution < -0.4 is 0 Å². The van der Waals surface area contributed by atoms with Crippen molar-refractivity contribution in [3.8, 4) is 0 Å². The minimum atomic E-state index is 0.240. The Morgan fingerprint density at radius 3 is 2.21 bits per heavy atom. The van der Waals surface area contributed by atoms with Crippen LogP contribution in [0.2, 0.25) is 0 Å². The lowest BCUT2D eigenvalue weighted by molar-refractivity contribution is 0.0853. The van der Waals surface area contributed by atoms with Gasteiger partial charge in [0.05, 0.1) is 6.54 Å². The Kier molecular flexibility index (Phi) is 5.11. The van der Waals surface area contributed by atoms with Crippen LogP contribution in [0, 0.1) is 6.92 Å². The second-order valence-corrected chi connectivity index (χ2v) is 5.41. The third-order valence-corrected chi connectivity index (χ3v) is 3.75. The maximum Gasteiger partial charge on any atom is 0.176 e. The number of carbonyl (C=O) groups excluding carboxylic acids is 1. The molecular weight excluding hydrogens is 236 g/mol. The Balaban J connectivity index is 1.82. The van der Waals surface area contributed by atoms with E-state index in [4.69, 9.17) is 0 Å². The molecule has 0 aromatic heterocycles. The summed E-state index contributed by atoms with van der Waals surface area (Å²) in [6, 6.07) is 7.88. The molecule has 0 bridgehead atoms. The van der Waals surface area contributed by atoms with Gasteiger partial charge in [0.2, 0.25) is 0 Å². The first-order chi connectivity index (χ1) is 9.19. The largest absolute Gasteiger partial charge is 0.301 e. The van der Waals surface area contributed by atoms with Crippen LogP contribution in [0.1, 0.15) is 29.3 Å². The van der Waals surface area contributed by atoms with Gasteiger partial charge in [-0.25, -0.2) is 0 Å². The maximum atomic E-state index is 12.2. The first-order valence-electron chi connectivity index (χ1n) is 7.23. The van der Waals surface area contributed by atoms with E-state index in [9.17, 15) is 4.79 Å². The molecule has 0 N–H and O–H groups in total. The fourth-order valence-corrected chi connectivity index (χ4v) is 2.52. The summed E-state index contributed by atoms with van der Waals surface area (Å²) in [7, 11) is 0. The first kappa shape index (κ1) is 14.2. The lowest BCUT2D eigenvalue weighted by Crippen LogP contribution is -2.47. The van der Waals surface area contributed by atoms with Crippen LogP contribution in [0.15, 0.2) is 24.3 Å². The molecule has 2 rings (SSSR count). The van der Waals surface area contributed by atoms with E-state index in [1.165, 1.54) is 18.5 Å². The van der Waals surface area contributed by atoms with Crippen LogP contribution in [-0.4, -0.2) is 54.9 Å². The molecule has 1 aliphatic rings. The van der Waals surface area contributed by atoms with Gasteiger partial charge in [-0.3, -0.25) is 9.69 Å². The molecule has 1 aromatic rings. The molecule has 0 radical (unpaired) electrons. The summed E-state index contributed by atoms with van der Waals surface area (Å²) in [6.07, 6.45) is 1.21. The Morgan fingerprint density at radius 1 is 1.05 bits per heavy atom. The first-order valence-corrected chi connectivity index (χ1v) is 7.23. The van der Waals surface area contributed by atoms with Gasteiger partial charge in [-0.1, -0.05) is 36.8 Å². The summed E-state index contributed by atoms with van der Waals surface area (Å²) in [4.78, 5) is 16.9. The average molecular weight is 260 g/mol. The van der Waals surface area contributed by atoms with Crippen molar-refractivity contribution < 1.29 is 4.79 Å². The molecule has 0 amide bonds. The Labute approximate surface area is 116 Å². The van der Waals surface area contributed by atoms with E-state index < -0.39 is 0 Å². The number of hydrogen-bond donors (Lipinski definition) is 0. The van der Waals surface area contributed by atoms with Crippen molar-refractivity contribution in [1.29, 1.82) is 0 Å². The number of nitrogens with zero attached hydrogens (tertiary/aromatic N) is 2. The highest BCUT2D eigenvalue weighted by molar-refractivity contribution is 5.97. The van der Waals surface area contributed by atoms with Crippen LogP contribution in [0.25, 0.3) is 0 Å². The molecule has 104 valence electrons. The number of Topliss-reactive ketones (excluding diaryl/α,β-unsaturated/α-hetero) is 1. The molecule has 0 unspecified atom stereocenters. The van der Waals surface area contributed by atoms with Crippen molar-refractivity contribution >= 4 is 5.78 Å². The predicted molar refractivity (Wildman–Crippen MR) is 78.7 cm³/mol. The van der Waals surface area contributed by atoms with Crippen LogP contribution in [0.3, 0.4) is 0 Å². The molecule has 1 saturated heterocycles. The van der Waals surface area contributed by atoms with Gasteiger partial charge < -0.3 is 4.90 Å². The molecule has 1 heterocycles. The van der Waals surface area contributed by atoms with Crippen molar-refractivity contribution in [3.05, 3.63) is 35.4 Å². The quantitative estimate of drug-likeness (QED) is 0.758. The van der Waals surface area contributed by atoms with E-state index in [1.54, 1.807) is 0 Å². The maximum absolute atomic E-state index is 12.2. The number of rotatable bonds is 5. The fraction of sp³-hybridized carbons (Fsp3) is 0.562. The topological polar surface area (TPSA) is 23.6 Å². The standard InChI is InChI=1S/C16H24N2O/c1-3-8-17-9-11-18(12-10-17)13-16(19)15-6-4-14(2)5-7-15/h4-7H,3,8-13H2,1-2H3. The van der Waals surface area contributed by atoms with Crippen molar-refractivity contribution in [1.82, 2.24) is 9.80 Å². The molecule has 1 aromatic carbocycles. The average Bonchev–Trinajstić information content (AvgIpc) is 2.42. The van der Waals surface area contributed by atoms with Crippen molar-refractivity contribution in [3.63, 3.8) is 0 Å². The predicted octanol–water partition coefficient (Wildman–Crippen LogP) is 2.21. The highest BCUT2D eigenvalue weighted by Gasteiger charge is 2.18. The minimum Gasteiger partial charge on any atom is -0.301 e. The van der Waals surface area contributed by atoms with Crippen molar-refractivity contribution in [2.45, 2.75) is 20.3 Å². The van der Waals surface area contributed by atoms with Gasteiger partial charge in [-0.05, 0) is 19.9 Å². The van der Waals surface area contributed by atoms with Crippen molar-refractivity contribution in [2.24, 2.45) is 0 Å². The zero-order valence-electron chi connectivity index (χ0n) is 12.1. The number of benzene rings is 1. The molecule has 0 saturated carbocycles. The zero-order valence-corrected chi connectivity index (χ0v) is 12.1. The highest BCUT2D eigenvalue weighted by Crippen LogP contribution is 2.07. The minimum absolute atomic E-state index is 0.240. The molecule has 0 aliphatic carbocycles. The highest BCUT2D eigenvalue weighted by atomic mass is 16.1. The van der Waals surface area contributed by atoms with Gasteiger partial charge in [0, 0.05) is 31.7 Å². The smallest absolute Gasteiger partial charge is 0.176 e. The third kappa shape index (κ3) is 4.15. The SMILES string of the molecule is CCCN1CCN(CC(=O)c2ccc(C)cc2)CC1. The van der Waals surface area contributed by atoms with Gasteiger partial charge >= 0.3 is 0 Å². The van der Waals surface area contributed by atoms with E-state index >= 15 is 0 Å². The van der Waals surface area contributed by atoms with Gasteiger partial charge in [0.1, 0.15) is 0 Å². The Hall–Kier alpha value is -1.19. The fourth-order valence-electron chi connectivity index (χ4n) is 2.52. The van der Waals surface area contributed by atoms with Gasteiger partial charge in [-0.2, -0.15) is 0 Å². The van der Waals surface area contributed by atoms with Crippen LogP contribution in [-0.2, 0) is 0 Å². The Bertz CT molecular complexity index is 405. The molecular formula is C16H24N2O. The lowest BCUT2D eigenvalue weighted by Gasteiger charge is -2.34. The van der Waals surface area contributed by atoms with E-state index in [-0.39, 0.29) is 5.78 Å². The zero-order chi connectivity index (χ0) is 13.7. The second-order valence-electron chi connectivity index (χ2n) is 5.41. The molecule has 0 atom stereocenters. The summed E-state index contributed by atoms with van der Waals surface area (Å²) in [6.45, 7) is 10.2. The summed E-state index contributed by atoms with van der Waals surface area (Å²) >= 11 is 0. The number of aryl methyl sites for hydroxylation is 1. The van der Waals surface area contributed by atoms with Gasteiger partial charge in [0.15, 0.2) is 5.78 Å². The molecule has 3 nitrogen and oxygen atoms in total. The molecule has 0 spiro atoms. The molecule has 3 heteroatoms. The van der Waals surface area contributed by atoms with Crippen LogP contribution >= 0.6 is 0 Å². The summed E-state index contributed by atoms with van der Waals surface area (Å²) < 4.78 is 0. The van der Waals surface area contributed by atoms with E-state index in [0.29, 0.717) is 6.54 Å². The van der Waals surface area contributed by atoms with E-state index in [0.717, 1.165) is 31.7 Å². The summed E-state index contributed by atoms with van der Waals surface area (Å²) in [5.41, 5.74) is 2.03. The monoisotopic (exact) mass is 260 g/mol. The van der Waals surface area contributed by atoms with Gasteiger partial charge in [-0.15, -0.1) is 0 Å². The van der Waals surface area contributed by atoms with Crippen LogP contribution in [0.4, 0.5) is 0 Å². The van der Waals surface area contributed by atoms with E-state index in [1.807, 2.05) is 31.2 Å². The molecule has 1 fully saturated rings. The summed E-state index contributed by atoms with van der Waals surface area (Å²) in [5, 5.41) is 0. The van der Waals surface area contributed by atoms with E-state index in [2.05, 4.69) is 16.7 Å². The second kappa shape index (κ2) is 6.83. The van der Waals surface area contributed by atoms with Crippen LogP contribution in [0.5, 0.6) is 0 Å². The third-order valence-electron chi connectivity index (χ3n) is 3.75. The molecule has 1 aliphatic heterocycles. The normalized spacial score (nSPS) is 17.6. The number of ketones is 1. The number of carbonyl (C=O) groups is 1. The summed E-state index contributed by atoms with van der Waals surface area (Å²) in [5.74, 6) is 0.240. The Morgan fingerprint density at radius 2 is 1.63 bits per heavy atom.